The van der Waals surface area contributed by atoms with E-state index >= 15 is 0 Å². The van der Waals surface area contributed by atoms with Crippen molar-refractivity contribution in [1.82, 2.24) is 15.3 Å². The maximum atomic E-state index is 12.7. The Hall–Kier alpha value is -2.47. The largest absolute Gasteiger partial charge is 0.386 e. The Bertz CT molecular complexity index is 761. The van der Waals surface area contributed by atoms with E-state index < -0.39 is 11.0 Å². The molecule has 1 amide bonds. The molecule has 1 aromatic heterocycles. The third kappa shape index (κ3) is 3.85. The van der Waals surface area contributed by atoms with Crippen LogP contribution in [0.1, 0.15) is 31.4 Å². The topological polar surface area (TPSA) is 78.4 Å². The Kier molecular flexibility index (Phi) is 4.96. The van der Waals surface area contributed by atoms with E-state index in [9.17, 15) is 9.90 Å². The van der Waals surface area contributed by atoms with Crippen LogP contribution in [0.4, 0.5) is 5.95 Å². The van der Waals surface area contributed by atoms with Crippen LogP contribution in [0, 0.1) is 6.92 Å². The highest BCUT2D eigenvalue weighted by atomic mass is 16.3. The lowest BCUT2D eigenvalue weighted by Gasteiger charge is -2.28. The Morgan fingerprint density at radius 2 is 1.92 bits per heavy atom. The molecule has 0 aliphatic carbocycles. The molecule has 138 valence electrons. The lowest BCUT2D eigenvalue weighted by atomic mass is 9.83. The smallest absolute Gasteiger partial charge is 0.230 e. The van der Waals surface area contributed by atoms with E-state index in [1.54, 1.807) is 18.5 Å². The molecule has 2 aromatic rings. The molecule has 2 heterocycles. The number of benzene rings is 1. The van der Waals surface area contributed by atoms with Crippen LogP contribution in [0.3, 0.4) is 0 Å². The maximum absolute atomic E-state index is 12.7. The Labute approximate surface area is 154 Å². The minimum Gasteiger partial charge on any atom is -0.386 e. The summed E-state index contributed by atoms with van der Waals surface area (Å²) < 4.78 is 0. The number of β-amino-alcohol motifs (C(OH)–C–C–N with tert-alkyl or cyclic N) is 1. The molecular formula is C20H26N4O2. The van der Waals surface area contributed by atoms with Gasteiger partial charge in [-0.1, -0.05) is 29.8 Å². The SMILES string of the molecule is Cc1ccc(C(C)(C)C(=O)NCC2(O)CCN(c3ncccn3)C2)cc1. The molecule has 1 aliphatic heterocycles. The summed E-state index contributed by atoms with van der Waals surface area (Å²) in [6, 6.07) is 9.74. The van der Waals surface area contributed by atoms with Gasteiger partial charge in [0, 0.05) is 25.5 Å². The lowest BCUT2D eigenvalue weighted by molar-refractivity contribution is -0.126. The van der Waals surface area contributed by atoms with Crippen LogP contribution in [0.2, 0.25) is 0 Å². The summed E-state index contributed by atoms with van der Waals surface area (Å²) in [6.07, 6.45) is 3.94. The zero-order valence-electron chi connectivity index (χ0n) is 15.6. The van der Waals surface area contributed by atoms with E-state index in [-0.39, 0.29) is 12.5 Å². The second kappa shape index (κ2) is 7.03. The van der Waals surface area contributed by atoms with Gasteiger partial charge in [0.25, 0.3) is 0 Å². The van der Waals surface area contributed by atoms with E-state index in [0.29, 0.717) is 25.5 Å². The van der Waals surface area contributed by atoms with Crippen LogP contribution in [-0.4, -0.2) is 46.2 Å². The molecule has 1 unspecified atom stereocenters. The number of amides is 1. The molecule has 1 aliphatic rings. The average Bonchev–Trinajstić information content (AvgIpc) is 3.03. The summed E-state index contributed by atoms with van der Waals surface area (Å²) in [5.74, 6) is 0.513. The van der Waals surface area contributed by atoms with Crippen LogP contribution in [-0.2, 0) is 10.2 Å². The molecule has 26 heavy (non-hydrogen) atoms. The van der Waals surface area contributed by atoms with E-state index in [0.717, 1.165) is 11.1 Å². The van der Waals surface area contributed by atoms with E-state index in [2.05, 4.69) is 15.3 Å². The van der Waals surface area contributed by atoms with Gasteiger partial charge in [-0.05, 0) is 38.8 Å². The molecule has 0 radical (unpaired) electrons. The Morgan fingerprint density at radius 1 is 1.27 bits per heavy atom. The molecule has 3 rings (SSSR count). The number of nitrogens with zero attached hydrogens (tertiary/aromatic N) is 3. The minimum absolute atomic E-state index is 0.0933. The van der Waals surface area contributed by atoms with Crippen LogP contribution in [0.25, 0.3) is 0 Å². The number of rotatable bonds is 5. The van der Waals surface area contributed by atoms with Crippen molar-refractivity contribution in [2.75, 3.05) is 24.5 Å². The summed E-state index contributed by atoms with van der Waals surface area (Å²) in [6.45, 7) is 7.10. The third-order valence-electron chi connectivity index (χ3n) is 5.09. The monoisotopic (exact) mass is 354 g/mol. The minimum atomic E-state index is -0.974. The number of carbonyl (C=O) groups is 1. The summed E-state index contributed by atoms with van der Waals surface area (Å²) in [7, 11) is 0. The van der Waals surface area contributed by atoms with E-state index in [1.807, 2.05) is 49.9 Å². The van der Waals surface area contributed by atoms with Gasteiger partial charge in [0.2, 0.25) is 11.9 Å². The van der Waals surface area contributed by atoms with Gasteiger partial charge in [0.05, 0.1) is 12.0 Å². The molecule has 0 bridgehead atoms. The molecular weight excluding hydrogens is 328 g/mol. The van der Waals surface area contributed by atoms with Crippen molar-refractivity contribution >= 4 is 11.9 Å². The van der Waals surface area contributed by atoms with Gasteiger partial charge < -0.3 is 15.3 Å². The Morgan fingerprint density at radius 3 is 2.58 bits per heavy atom. The standard InChI is InChI=1S/C20H26N4O2/c1-15-5-7-16(8-6-15)19(2,3)17(25)23-13-20(26)9-12-24(14-20)18-21-10-4-11-22-18/h4-8,10-11,26H,9,12-14H2,1-3H3,(H,23,25). The normalized spacial score (nSPS) is 20.2. The van der Waals surface area contributed by atoms with Gasteiger partial charge in [-0.3, -0.25) is 4.79 Å². The van der Waals surface area contributed by atoms with Crippen molar-refractivity contribution < 1.29 is 9.90 Å². The first-order valence-corrected chi connectivity index (χ1v) is 8.90. The third-order valence-corrected chi connectivity index (χ3v) is 5.09. The van der Waals surface area contributed by atoms with Gasteiger partial charge in [-0.25, -0.2) is 9.97 Å². The number of aliphatic hydroxyl groups is 1. The van der Waals surface area contributed by atoms with E-state index in [4.69, 9.17) is 0 Å². The fourth-order valence-corrected chi connectivity index (χ4v) is 3.19. The number of hydrogen-bond donors (Lipinski definition) is 2. The molecule has 1 saturated heterocycles. The lowest BCUT2D eigenvalue weighted by Crippen LogP contribution is -2.49. The highest BCUT2D eigenvalue weighted by Crippen LogP contribution is 2.26. The number of nitrogens with one attached hydrogen (secondary N) is 1. The fourth-order valence-electron chi connectivity index (χ4n) is 3.19. The summed E-state index contributed by atoms with van der Waals surface area (Å²) >= 11 is 0. The van der Waals surface area contributed by atoms with Gasteiger partial charge in [0.15, 0.2) is 0 Å². The molecule has 2 N–H and O–H groups in total. The van der Waals surface area contributed by atoms with Crippen molar-refractivity contribution in [2.45, 2.75) is 38.2 Å². The maximum Gasteiger partial charge on any atom is 0.230 e. The zero-order chi connectivity index (χ0) is 18.8. The van der Waals surface area contributed by atoms with E-state index in [1.165, 1.54) is 0 Å². The van der Waals surface area contributed by atoms with Gasteiger partial charge in [0.1, 0.15) is 5.60 Å². The number of aromatic nitrogens is 2. The molecule has 6 nitrogen and oxygen atoms in total. The predicted octanol–water partition coefficient (Wildman–Crippen LogP) is 1.82. The molecule has 1 aromatic carbocycles. The van der Waals surface area contributed by atoms with Gasteiger partial charge >= 0.3 is 0 Å². The first kappa shape index (κ1) is 18.3. The van der Waals surface area contributed by atoms with Crippen molar-refractivity contribution in [3.63, 3.8) is 0 Å². The second-order valence-corrected chi connectivity index (χ2v) is 7.62. The molecule has 0 saturated carbocycles. The number of hydrogen-bond acceptors (Lipinski definition) is 5. The van der Waals surface area contributed by atoms with Gasteiger partial charge in [-0.15, -0.1) is 0 Å². The predicted molar refractivity (Wildman–Crippen MR) is 101 cm³/mol. The fraction of sp³-hybridized carbons (Fsp3) is 0.450. The molecule has 1 atom stereocenters. The highest BCUT2D eigenvalue weighted by Gasteiger charge is 2.39. The summed E-state index contributed by atoms with van der Waals surface area (Å²) in [4.78, 5) is 23.1. The van der Waals surface area contributed by atoms with Crippen LogP contribution < -0.4 is 10.2 Å². The number of aryl methyl sites for hydroxylation is 1. The summed E-state index contributed by atoms with van der Waals surface area (Å²) in [5.41, 5.74) is 0.482. The Balaban J connectivity index is 1.61. The quantitative estimate of drug-likeness (QED) is 0.856. The molecule has 1 fully saturated rings. The first-order chi connectivity index (χ1) is 12.3. The zero-order valence-corrected chi connectivity index (χ0v) is 15.6. The average molecular weight is 354 g/mol. The van der Waals surface area contributed by atoms with Crippen molar-refractivity contribution in [3.8, 4) is 0 Å². The van der Waals surface area contributed by atoms with Crippen molar-refractivity contribution in [3.05, 3.63) is 53.9 Å². The van der Waals surface area contributed by atoms with Crippen molar-refractivity contribution in [1.29, 1.82) is 0 Å². The summed E-state index contributed by atoms with van der Waals surface area (Å²) in [5, 5.41) is 13.8. The highest BCUT2D eigenvalue weighted by molar-refractivity contribution is 5.87. The van der Waals surface area contributed by atoms with Crippen LogP contribution in [0.5, 0.6) is 0 Å². The first-order valence-electron chi connectivity index (χ1n) is 8.90. The molecule has 0 spiro atoms. The number of anilines is 1. The van der Waals surface area contributed by atoms with Crippen molar-refractivity contribution in [2.24, 2.45) is 0 Å². The van der Waals surface area contributed by atoms with Crippen LogP contribution in [0.15, 0.2) is 42.7 Å². The molecule has 6 heteroatoms. The van der Waals surface area contributed by atoms with Gasteiger partial charge in [-0.2, -0.15) is 0 Å². The second-order valence-electron chi connectivity index (χ2n) is 7.62. The number of carbonyl (C=O) groups excluding carboxylic acids is 1. The van der Waals surface area contributed by atoms with Crippen LogP contribution >= 0.6 is 0 Å².